The molecule has 110 valence electrons. The number of carboxylic acid groups (broad SMARTS) is 1. The lowest BCUT2D eigenvalue weighted by atomic mass is 10.1. The van der Waals surface area contributed by atoms with Crippen LogP contribution in [0.4, 0.5) is 0 Å². The summed E-state index contributed by atoms with van der Waals surface area (Å²) in [6.45, 7) is 1.59. The van der Waals surface area contributed by atoms with Crippen molar-refractivity contribution < 1.29 is 19.5 Å². The molecule has 0 aromatic rings. The molecule has 0 saturated heterocycles. The van der Waals surface area contributed by atoms with Crippen LogP contribution < -0.4 is 22.1 Å². The number of hydrogen-bond donors (Lipinski definition) is 5. The van der Waals surface area contributed by atoms with Gasteiger partial charge in [0.1, 0.15) is 6.04 Å². The standard InChI is InChI=1S/C11H22N4O4/c1-7(11(18)19)15-9(16)6-14-10(17)8(13)4-2-3-5-12/h7-8H,2-6,12-13H2,1H3,(H,14,17)(H,15,16)(H,18,19)/t7-,8-/m0/s1. The SMILES string of the molecule is C[C@H](NC(=O)CNC(=O)[C@@H](N)CCCCN)C(=O)O. The van der Waals surface area contributed by atoms with Crippen LogP contribution in [-0.4, -0.2) is 48.1 Å². The molecule has 8 nitrogen and oxygen atoms in total. The number of hydrogen-bond acceptors (Lipinski definition) is 5. The summed E-state index contributed by atoms with van der Waals surface area (Å²) in [7, 11) is 0. The van der Waals surface area contributed by atoms with E-state index in [1.807, 2.05) is 0 Å². The van der Waals surface area contributed by atoms with Gasteiger partial charge in [0.25, 0.3) is 0 Å². The molecule has 0 aliphatic carbocycles. The summed E-state index contributed by atoms with van der Waals surface area (Å²) < 4.78 is 0. The van der Waals surface area contributed by atoms with Gasteiger partial charge in [0.15, 0.2) is 0 Å². The van der Waals surface area contributed by atoms with Gasteiger partial charge in [-0.3, -0.25) is 14.4 Å². The van der Waals surface area contributed by atoms with Crippen LogP contribution in [-0.2, 0) is 14.4 Å². The molecule has 0 aliphatic heterocycles. The van der Waals surface area contributed by atoms with Gasteiger partial charge in [-0.25, -0.2) is 0 Å². The smallest absolute Gasteiger partial charge is 0.325 e. The lowest BCUT2D eigenvalue weighted by molar-refractivity contribution is -0.141. The third-order valence-electron chi connectivity index (χ3n) is 2.48. The first-order valence-electron chi connectivity index (χ1n) is 6.14. The molecule has 0 radical (unpaired) electrons. The Bertz CT molecular complexity index is 322. The third-order valence-corrected chi connectivity index (χ3v) is 2.48. The first-order valence-corrected chi connectivity index (χ1v) is 6.14. The van der Waals surface area contributed by atoms with Crippen LogP contribution in [0.2, 0.25) is 0 Å². The van der Waals surface area contributed by atoms with E-state index in [-0.39, 0.29) is 6.54 Å². The fourth-order valence-corrected chi connectivity index (χ4v) is 1.29. The number of nitrogens with two attached hydrogens (primary N) is 2. The number of carboxylic acids is 1. The van der Waals surface area contributed by atoms with Crippen molar-refractivity contribution in [1.82, 2.24) is 10.6 Å². The molecule has 7 N–H and O–H groups in total. The second kappa shape index (κ2) is 9.29. The van der Waals surface area contributed by atoms with Crippen molar-refractivity contribution in [2.45, 2.75) is 38.3 Å². The Labute approximate surface area is 111 Å². The van der Waals surface area contributed by atoms with Gasteiger partial charge in [-0.1, -0.05) is 6.42 Å². The Balaban J connectivity index is 3.88. The topological polar surface area (TPSA) is 148 Å². The summed E-state index contributed by atoms with van der Waals surface area (Å²) in [6, 6.07) is -1.68. The zero-order valence-electron chi connectivity index (χ0n) is 11.0. The second-order valence-corrected chi connectivity index (χ2v) is 4.24. The third kappa shape index (κ3) is 8.11. The van der Waals surface area contributed by atoms with Gasteiger partial charge in [-0.2, -0.15) is 0 Å². The summed E-state index contributed by atoms with van der Waals surface area (Å²) in [5.41, 5.74) is 10.9. The van der Waals surface area contributed by atoms with Gasteiger partial charge >= 0.3 is 5.97 Å². The molecule has 19 heavy (non-hydrogen) atoms. The van der Waals surface area contributed by atoms with E-state index < -0.39 is 29.9 Å². The average molecular weight is 274 g/mol. The number of carbonyl (C=O) groups is 3. The monoisotopic (exact) mass is 274 g/mol. The van der Waals surface area contributed by atoms with Crippen LogP contribution in [0, 0.1) is 0 Å². The zero-order valence-corrected chi connectivity index (χ0v) is 11.0. The maximum Gasteiger partial charge on any atom is 0.325 e. The van der Waals surface area contributed by atoms with Gasteiger partial charge in [-0.05, 0) is 26.3 Å². The minimum absolute atomic E-state index is 0.291. The quantitative estimate of drug-likeness (QED) is 0.312. The first kappa shape index (κ1) is 17.3. The summed E-state index contributed by atoms with van der Waals surface area (Å²) in [5, 5.41) is 13.2. The van der Waals surface area contributed by atoms with Crippen molar-refractivity contribution in [3.05, 3.63) is 0 Å². The fraction of sp³-hybridized carbons (Fsp3) is 0.727. The zero-order chi connectivity index (χ0) is 14.8. The van der Waals surface area contributed by atoms with E-state index in [0.717, 1.165) is 12.8 Å². The van der Waals surface area contributed by atoms with E-state index in [9.17, 15) is 14.4 Å². The van der Waals surface area contributed by atoms with Gasteiger partial charge < -0.3 is 27.2 Å². The molecular formula is C11H22N4O4. The van der Waals surface area contributed by atoms with Gasteiger partial charge in [-0.15, -0.1) is 0 Å². The lowest BCUT2D eigenvalue weighted by Gasteiger charge is -2.13. The summed E-state index contributed by atoms with van der Waals surface area (Å²) >= 11 is 0. The Morgan fingerprint density at radius 1 is 1.26 bits per heavy atom. The number of amides is 2. The van der Waals surface area contributed by atoms with Gasteiger partial charge in [0, 0.05) is 0 Å². The largest absolute Gasteiger partial charge is 0.480 e. The average Bonchev–Trinajstić information content (AvgIpc) is 2.35. The molecule has 0 bridgehead atoms. The molecule has 0 fully saturated rings. The summed E-state index contributed by atoms with van der Waals surface area (Å²) in [5.74, 6) is -2.15. The van der Waals surface area contributed by atoms with Crippen molar-refractivity contribution in [1.29, 1.82) is 0 Å². The van der Waals surface area contributed by atoms with Crippen molar-refractivity contribution >= 4 is 17.8 Å². The summed E-state index contributed by atoms with van der Waals surface area (Å²) in [6.07, 6.45) is 2.03. The van der Waals surface area contributed by atoms with Crippen molar-refractivity contribution in [2.24, 2.45) is 11.5 Å². The van der Waals surface area contributed by atoms with E-state index >= 15 is 0 Å². The van der Waals surface area contributed by atoms with Crippen LogP contribution >= 0.6 is 0 Å². The highest BCUT2D eigenvalue weighted by Crippen LogP contribution is 1.97. The van der Waals surface area contributed by atoms with Crippen LogP contribution in [0.15, 0.2) is 0 Å². The minimum atomic E-state index is -1.14. The van der Waals surface area contributed by atoms with E-state index in [1.165, 1.54) is 6.92 Å². The van der Waals surface area contributed by atoms with Crippen LogP contribution in [0.25, 0.3) is 0 Å². The lowest BCUT2D eigenvalue weighted by Crippen LogP contribution is -2.47. The van der Waals surface area contributed by atoms with Gasteiger partial charge in [0.05, 0.1) is 12.6 Å². The normalized spacial score (nSPS) is 13.4. The molecule has 0 heterocycles. The number of aliphatic carboxylic acids is 1. The fourth-order valence-electron chi connectivity index (χ4n) is 1.29. The second-order valence-electron chi connectivity index (χ2n) is 4.24. The molecule has 2 atom stereocenters. The molecular weight excluding hydrogens is 252 g/mol. The maximum atomic E-state index is 11.5. The minimum Gasteiger partial charge on any atom is -0.480 e. The van der Waals surface area contributed by atoms with E-state index in [1.54, 1.807) is 0 Å². The van der Waals surface area contributed by atoms with E-state index in [2.05, 4.69) is 10.6 Å². The summed E-state index contributed by atoms with van der Waals surface area (Å²) in [4.78, 5) is 33.3. The molecule has 0 saturated carbocycles. The molecule has 0 rings (SSSR count). The first-order chi connectivity index (χ1) is 8.88. The number of unbranched alkanes of at least 4 members (excludes halogenated alkanes) is 1. The van der Waals surface area contributed by atoms with E-state index in [0.29, 0.717) is 13.0 Å². The molecule has 8 heteroatoms. The van der Waals surface area contributed by atoms with Crippen LogP contribution in [0.1, 0.15) is 26.2 Å². The molecule has 0 aromatic carbocycles. The Kier molecular flexibility index (Phi) is 8.47. The van der Waals surface area contributed by atoms with Crippen LogP contribution in [0.5, 0.6) is 0 Å². The molecule has 0 unspecified atom stereocenters. The highest BCUT2D eigenvalue weighted by Gasteiger charge is 2.16. The van der Waals surface area contributed by atoms with Crippen molar-refractivity contribution in [3.63, 3.8) is 0 Å². The van der Waals surface area contributed by atoms with Crippen molar-refractivity contribution in [2.75, 3.05) is 13.1 Å². The predicted octanol–water partition coefficient (Wildman–Crippen LogP) is -1.85. The highest BCUT2D eigenvalue weighted by molar-refractivity contribution is 5.89. The number of carbonyl (C=O) groups excluding carboxylic acids is 2. The highest BCUT2D eigenvalue weighted by atomic mass is 16.4. The van der Waals surface area contributed by atoms with Crippen molar-refractivity contribution in [3.8, 4) is 0 Å². The molecule has 2 amide bonds. The number of rotatable bonds is 9. The van der Waals surface area contributed by atoms with E-state index in [4.69, 9.17) is 16.6 Å². The molecule has 0 spiro atoms. The van der Waals surface area contributed by atoms with Crippen LogP contribution in [0.3, 0.4) is 0 Å². The maximum absolute atomic E-state index is 11.5. The molecule has 0 aliphatic rings. The van der Waals surface area contributed by atoms with Gasteiger partial charge in [0.2, 0.25) is 11.8 Å². The number of nitrogens with one attached hydrogen (secondary N) is 2. The Hall–Kier alpha value is -1.67. The Morgan fingerprint density at radius 3 is 2.42 bits per heavy atom. The Morgan fingerprint density at radius 2 is 1.89 bits per heavy atom. The molecule has 0 aromatic heterocycles. The predicted molar refractivity (Wildman–Crippen MR) is 69.1 cm³/mol.